The number of benzene rings is 3. The topological polar surface area (TPSA) is 94.4 Å². The maximum Gasteiger partial charge on any atom is 0.282 e. The summed E-state index contributed by atoms with van der Waals surface area (Å²) in [5.41, 5.74) is 6.36. The van der Waals surface area contributed by atoms with Gasteiger partial charge in [0.05, 0.1) is 22.7 Å². The summed E-state index contributed by atoms with van der Waals surface area (Å²) >= 11 is 1.70. The molecule has 4 aromatic heterocycles. The van der Waals surface area contributed by atoms with Crippen LogP contribution in [0.1, 0.15) is 50.6 Å². The van der Waals surface area contributed by atoms with E-state index in [-0.39, 0.29) is 11.5 Å². The fourth-order valence-corrected chi connectivity index (χ4v) is 7.99. The van der Waals surface area contributed by atoms with Crippen molar-refractivity contribution >= 4 is 51.0 Å². The van der Waals surface area contributed by atoms with E-state index in [2.05, 4.69) is 9.88 Å². The third-order valence-corrected chi connectivity index (χ3v) is 10.1. The summed E-state index contributed by atoms with van der Waals surface area (Å²) in [6.07, 6.45) is 5.75. The molecule has 8 nitrogen and oxygen atoms in total. The molecular formula is C38H31N5O3S. The van der Waals surface area contributed by atoms with Gasteiger partial charge in [-0.3, -0.25) is 9.59 Å². The van der Waals surface area contributed by atoms with Crippen molar-refractivity contribution in [2.24, 2.45) is 5.10 Å². The Bertz CT molecular complexity index is 2380. The second-order valence-electron chi connectivity index (χ2n) is 11.8. The molecule has 9 heteroatoms. The molecule has 232 valence electrons. The van der Waals surface area contributed by atoms with Gasteiger partial charge in [-0.2, -0.15) is 9.78 Å². The first kappa shape index (κ1) is 28.9. The van der Waals surface area contributed by atoms with Crippen LogP contribution >= 0.6 is 11.3 Å². The molecule has 0 atom stereocenters. The van der Waals surface area contributed by atoms with Crippen molar-refractivity contribution < 1.29 is 9.21 Å². The first-order valence-electron chi connectivity index (χ1n) is 15.7. The van der Waals surface area contributed by atoms with Gasteiger partial charge in [-0.25, -0.2) is 4.98 Å². The Morgan fingerprint density at radius 1 is 0.957 bits per heavy atom. The Morgan fingerprint density at radius 3 is 2.57 bits per heavy atom. The predicted octanol–water partition coefficient (Wildman–Crippen LogP) is 8.29. The van der Waals surface area contributed by atoms with E-state index >= 15 is 0 Å². The van der Waals surface area contributed by atoms with Gasteiger partial charge in [0, 0.05) is 32.9 Å². The number of carbonyl (C=O) groups excluding carboxylic acids is 1. The zero-order valence-corrected chi connectivity index (χ0v) is 26.8. The standard InChI is InChI=1S/C38H31N5O3S/c1-23-20-26(24(2)42(23)38-34(29-16-8-11-19-33(29)47-38)36(44)40-27-13-4-3-5-14-27)22-39-43-35(32-21-25-12-6-10-18-31(25)46-32)41-30-17-9-7-15-28(30)37(43)45/h3-7,9-10,12-15,17-18,20-22H,8,11,16,19H2,1-2H3,(H,40,44). The fraction of sp³-hybridized carbons (Fsp3) is 0.158. The molecule has 0 radical (unpaired) electrons. The van der Waals surface area contributed by atoms with E-state index in [0.29, 0.717) is 28.1 Å². The van der Waals surface area contributed by atoms with Gasteiger partial charge < -0.3 is 14.3 Å². The molecular weight excluding hydrogens is 607 g/mol. The third kappa shape index (κ3) is 5.09. The second kappa shape index (κ2) is 11.7. The first-order chi connectivity index (χ1) is 23.0. The highest BCUT2D eigenvalue weighted by Crippen LogP contribution is 2.39. The van der Waals surface area contributed by atoms with Crippen LogP contribution < -0.4 is 10.9 Å². The van der Waals surface area contributed by atoms with E-state index in [1.165, 1.54) is 9.55 Å². The summed E-state index contributed by atoms with van der Waals surface area (Å²) < 4.78 is 9.60. The molecule has 1 aliphatic carbocycles. The van der Waals surface area contributed by atoms with Crippen molar-refractivity contribution in [3.63, 3.8) is 0 Å². The van der Waals surface area contributed by atoms with E-state index in [1.54, 1.807) is 23.6 Å². The van der Waals surface area contributed by atoms with Gasteiger partial charge in [0.1, 0.15) is 10.6 Å². The number of hydrogen-bond donors (Lipinski definition) is 1. The second-order valence-corrected chi connectivity index (χ2v) is 12.9. The smallest absolute Gasteiger partial charge is 0.282 e. The molecule has 1 N–H and O–H groups in total. The minimum absolute atomic E-state index is 0.0995. The van der Waals surface area contributed by atoms with Crippen LogP contribution in [0, 0.1) is 13.8 Å². The largest absolute Gasteiger partial charge is 0.453 e. The van der Waals surface area contributed by atoms with Crippen LogP contribution in [0.5, 0.6) is 0 Å². The van der Waals surface area contributed by atoms with Gasteiger partial charge in [-0.05, 0) is 87.6 Å². The Hall–Kier alpha value is -5.54. The molecule has 3 aromatic carbocycles. The molecule has 0 saturated carbocycles. The number of hydrogen-bond acceptors (Lipinski definition) is 6. The van der Waals surface area contributed by atoms with Crippen molar-refractivity contribution in [1.29, 1.82) is 0 Å². The molecule has 0 bridgehead atoms. The summed E-state index contributed by atoms with van der Waals surface area (Å²) in [6.45, 7) is 4.05. The molecule has 0 spiro atoms. The van der Waals surface area contributed by atoms with Gasteiger partial charge >= 0.3 is 0 Å². The monoisotopic (exact) mass is 637 g/mol. The van der Waals surface area contributed by atoms with Crippen LogP contribution in [0.15, 0.2) is 105 Å². The number of amides is 1. The average molecular weight is 638 g/mol. The van der Waals surface area contributed by atoms with E-state index in [0.717, 1.165) is 69.8 Å². The Kier molecular flexibility index (Phi) is 7.18. The molecule has 4 heterocycles. The number of aryl methyl sites for hydroxylation is 2. The summed E-state index contributed by atoms with van der Waals surface area (Å²) in [4.78, 5) is 33.8. The quantitative estimate of drug-likeness (QED) is 0.186. The van der Waals surface area contributed by atoms with E-state index < -0.39 is 0 Å². The molecule has 0 saturated heterocycles. The number of rotatable bonds is 6. The van der Waals surface area contributed by atoms with Crippen LogP contribution in [0.3, 0.4) is 0 Å². The number of anilines is 1. The molecule has 47 heavy (non-hydrogen) atoms. The van der Waals surface area contributed by atoms with Crippen LogP contribution in [0.4, 0.5) is 5.69 Å². The van der Waals surface area contributed by atoms with E-state index in [1.807, 2.05) is 98.8 Å². The molecule has 7 aromatic rings. The average Bonchev–Trinajstić information content (AvgIpc) is 3.77. The van der Waals surface area contributed by atoms with Gasteiger partial charge in [0.15, 0.2) is 5.76 Å². The lowest BCUT2D eigenvalue weighted by atomic mass is 9.95. The van der Waals surface area contributed by atoms with Crippen LogP contribution in [0.2, 0.25) is 0 Å². The number of furan rings is 1. The summed E-state index contributed by atoms with van der Waals surface area (Å²) in [7, 11) is 0. The number of fused-ring (bicyclic) bond motifs is 3. The third-order valence-electron chi connectivity index (χ3n) is 8.80. The number of carbonyl (C=O) groups is 1. The lowest BCUT2D eigenvalue weighted by molar-refractivity contribution is 0.102. The number of para-hydroxylation sites is 3. The Balaban J connectivity index is 1.23. The number of thiophene rings is 1. The SMILES string of the molecule is Cc1cc(C=Nn2c(-c3cc4ccccc4o3)nc3ccccc3c2=O)c(C)n1-c1sc2c(c1C(=O)Nc1ccccc1)CCCC2. The van der Waals surface area contributed by atoms with Crippen LogP contribution in [-0.4, -0.2) is 26.3 Å². The summed E-state index contributed by atoms with van der Waals surface area (Å²) in [5.74, 6) is 0.674. The predicted molar refractivity (Wildman–Crippen MR) is 188 cm³/mol. The minimum atomic E-state index is -0.290. The fourth-order valence-electron chi connectivity index (χ4n) is 6.49. The van der Waals surface area contributed by atoms with Crippen molar-refractivity contribution in [1.82, 2.24) is 14.2 Å². The summed E-state index contributed by atoms with van der Waals surface area (Å²) in [5, 5.41) is 10.1. The van der Waals surface area contributed by atoms with Gasteiger partial charge in [-0.15, -0.1) is 11.3 Å². The van der Waals surface area contributed by atoms with Crippen molar-refractivity contribution in [2.75, 3.05) is 5.32 Å². The maximum atomic E-state index is 13.9. The van der Waals surface area contributed by atoms with Crippen LogP contribution in [0.25, 0.3) is 38.5 Å². The molecule has 0 fully saturated rings. The lowest BCUT2D eigenvalue weighted by Gasteiger charge is -2.14. The van der Waals surface area contributed by atoms with Crippen molar-refractivity contribution in [2.45, 2.75) is 39.5 Å². The number of nitrogens with one attached hydrogen (secondary N) is 1. The Labute approximate surface area is 274 Å². The molecule has 0 unspecified atom stereocenters. The minimum Gasteiger partial charge on any atom is -0.453 e. The zero-order chi connectivity index (χ0) is 32.1. The van der Waals surface area contributed by atoms with E-state index in [9.17, 15) is 9.59 Å². The zero-order valence-electron chi connectivity index (χ0n) is 26.0. The Morgan fingerprint density at radius 2 is 1.72 bits per heavy atom. The van der Waals surface area contributed by atoms with Gasteiger partial charge in [0.25, 0.3) is 11.5 Å². The molecule has 1 aliphatic rings. The number of aromatic nitrogens is 3. The van der Waals surface area contributed by atoms with Gasteiger partial charge in [-0.1, -0.05) is 48.5 Å². The van der Waals surface area contributed by atoms with E-state index in [4.69, 9.17) is 14.5 Å². The molecule has 1 amide bonds. The molecule has 8 rings (SSSR count). The highest BCUT2D eigenvalue weighted by molar-refractivity contribution is 7.15. The number of nitrogens with zero attached hydrogens (tertiary/aromatic N) is 4. The van der Waals surface area contributed by atoms with Crippen molar-refractivity contribution in [3.8, 4) is 16.6 Å². The normalized spacial score (nSPS) is 13.1. The highest BCUT2D eigenvalue weighted by atomic mass is 32.1. The summed E-state index contributed by atoms with van der Waals surface area (Å²) in [6, 6.07) is 28.4. The first-order valence-corrected chi connectivity index (χ1v) is 16.5. The lowest BCUT2D eigenvalue weighted by Crippen LogP contribution is -2.20. The van der Waals surface area contributed by atoms with Crippen LogP contribution in [-0.2, 0) is 12.8 Å². The maximum absolute atomic E-state index is 13.9. The van der Waals surface area contributed by atoms with Gasteiger partial charge in [0.2, 0.25) is 5.82 Å². The highest BCUT2D eigenvalue weighted by Gasteiger charge is 2.28. The molecule has 0 aliphatic heterocycles. The van der Waals surface area contributed by atoms with Crippen molar-refractivity contribution in [3.05, 3.63) is 134 Å².